The van der Waals surface area contributed by atoms with Crippen molar-refractivity contribution in [3.8, 4) is 22.7 Å². The average molecular weight is 1030 g/mol. The smallest absolute Gasteiger partial charge is 0.0967 e. The van der Waals surface area contributed by atoms with Crippen molar-refractivity contribution >= 4 is 72.4 Å². The number of imidazole rings is 2. The van der Waals surface area contributed by atoms with Crippen molar-refractivity contribution in [2.24, 2.45) is 0 Å². The molecule has 0 radical (unpaired) electrons. The van der Waals surface area contributed by atoms with Gasteiger partial charge in [0.25, 0.3) is 0 Å². The summed E-state index contributed by atoms with van der Waals surface area (Å²) in [5, 5.41) is -3.57. The van der Waals surface area contributed by atoms with E-state index in [4.69, 9.17) is 56.4 Å². The van der Waals surface area contributed by atoms with Gasteiger partial charge in [0, 0.05) is 0 Å². The number of benzene rings is 4. The molecule has 0 saturated heterocycles. The molecule has 11 heteroatoms. The maximum atomic E-state index is 8.51. The van der Waals surface area contributed by atoms with Crippen LogP contribution < -0.4 is 32.2 Å². The molecule has 0 atom stereocenters. The van der Waals surface area contributed by atoms with Crippen LogP contribution in [0.5, 0.6) is 0 Å². The predicted octanol–water partition coefficient (Wildman–Crippen LogP) is 13.0. The molecule has 0 aliphatic heterocycles. The third-order valence-corrected chi connectivity index (χ3v) is 18.6. The summed E-state index contributed by atoms with van der Waals surface area (Å²) in [4.78, 5) is 0. The van der Waals surface area contributed by atoms with E-state index in [0.717, 1.165) is 22.7 Å². The monoisotopic (exact) mass is 1030 g/mol. The van der Waals surface area contributed by atoms with Crippen molar-refractivity contribution in [1.82, 2.24) is 9.13 Å². The second-order valence-electron chi connectivity index (χ2n) is 20.2. The van der Waals surface area contributed by atoms with Crippen LogP contribution in [0.2, 0.25) is 0 Å². The van der Waals surface area contributed by atoms with Gasteiger partial charge >= 0.3 is 391 Å². The van der Waals surface area contributed by atoms with Crippen LogP contribution >= 0.6 is 56.4 Å². The molecule has 2 aromatic heterocycles. The van der Waals surface area contributed by atoms with Gasteiger partial charge in [-0.1, -0.05) is 0 Å². The maximum Gasteiger partial charge on any atom is 0.0967 e. The molecule has 66 heavy (non-hydrogen) atoms. The normalized spacial score (nSPS) is 12.8. The molecule has 4 aromatic carbocycles. The third-order valence-electron chi connectivity index (χ3n) is 12.7. The van der Waals surface area contributed by atoms with Gasteiger partial charge in [-0.2, -0.15) is 0 Å². The third kappa shape index (κ3) is 11.1. The van der Waals surface area contributed by atoms with Gasteiger partial charge in [0.1, 0.15) is 0 Å². The van der Waals surface area contributed by atoms with E-state index in [0.29, 0.717) is 10.6 Å². The van der Waals surface area contributed by atoms with Crippen LogP contribution in [0.15, 0.2) is 97.8 Å². The van der Waals surface area contributed by atoms with E-state index in [1.54, 1.807) is 0 Å². The Morgan fingerprint density at radius 2 is 0.591 bits per heavy atom. The first-order valence-corrected chi connectivity index (χ1v) is 30.2. The second-order valence-corrected chi connectivity index (χ2v) is 32.4. The zero-order valence-electron chi connectivity index (χ0n) is 42.1. The van der Waals surface area contributed by atoms with E-state index in [-0.39, 0.29) is 65.1 Å². The van der Waals surface area contributed by atoms with E-state index in [1.165, 1.54) is 44.5 Å². The van der Waals surface area contributed by atoms with Crippen molar-refractivity contribution in [3.05, 3.63) is 142 Å². The summed E-state index contributed by atoms with van der Waals surface area (Å²) in [5.74, 6) is 1.95. The van der Waals surface area contributed by atoms with Crippen LogP contribution in [0, 0.1) is 0 Å². The fraction of sp³-hybridized carbons (Fsp3) is 0.455. The van der Waals surface area contributed by atoms with Crippen LogP contribution in [0.25, 0.3) is 22.7 Å². The maximum absolute atomic E-state index is 8.51. The number of nitrogens with zero attached hydrogens (tertiary/aromatic N) is 4. The molecule has 6 aromatic rings. The number of para-hydroxylation sites is 4. The van der Waals surface area contributed by atoms with Gasteiger partial charge in [0.05, 0.1) is 5.34 Å². The van der Waals surface area contributed by atoms with Gasteiger partial charge < -0.3 is 12.4 Å². The standard InChI is InChI=1S/C54H72Cl3N4Si.CH2Cl2.ClH/c1-33(2)41-21-17-22-42(34(3)4)51(41)58-29-49(60(31-58)53-45(37(9)10)25-19-26-46(53)38(11)12)62(55,56,57)50-30-59(52-43(35(5)6)23-18-24-44(52)36(7)8)32-61(50)54-47(39(13)14)27-20-28-48(54)40(15)16;2-1-3;/h17-40H,1-16H3;1H2;1H/q+1;;/p-1. The Morgan fingerprint density at radius 1 is 0.394 bits per heavy atom. The van der Waals surface area contributed by atoms with Gasteiger partial charge in [-0.3, -0.25) is 0 Å². The molecule has 360 valence electrons. The summed E-state index contributed by atoms with van der Waals surface area (Å²) in [7, 11) is 0. The zero-order valence-corrected chi connectivity index (χ0v) is 47.7. The first kappa shape index (κ1) is 55.8. The number of hydrogen-bond donors (Lipinski definition) is 0. The number of alkyl halides is 2. The Bertz CT molecular complexity index is 2310. The van der Waals surface area contributed by atoms with E-state index < -0.39 is 5.28 Å². The molecule has 0 unspecified atom stereocenters. The molecule has 2 heterocycles. The van der Waals surface area contributed by atoms with Gasteiger partial charge in [0.15, 0.2) is 0 Å². The summed E-state index contributed by atoms with van der Waals surface area (Å²) >= 11 is 35.0. The summed E-state index contributed by atoms with van der Waals surface area (Å²) in [6, 6.07) is 26.7. The van der Waals surface area contributed by atoms with Crippen LogP contribution in [-0.2, 0) is 0 Å². The Balaban J connectivity index is 0.00000232. The van der Waals surface area contributed by atoms with E-state index >= 15 is 0 Å². The molecule has 0 amide bonds. The van der Waals surface area contributed by atoms with Gasteiger partial charge in [0.2, 0.25) is 0 Å². The molecule has 0 aliphatic carbocycles. The Labute approximate surface area is 428 Å². The SMILES string of the molecule is CC(C)c1cccc(C(C)C)c1-n1c[n+](-c2c(C(C)C)cccc2C(C)C)cc1[Si-](Cl)(Cl)(Cl)c1c[n+](-c2c(C(C)C)cccc2C(C)C)cn1-c1c(C(C)C)cccc1C(C)C.ClCCl.[Cl-]. The van der Waals surface area contributed by atoms with Crippen molar-refractivity contribution < 1.29 is 21.5 Å². The van der Waals surface area contributed by atoms with Crippen LogP contribution in [0.1, 0.15) is 203 Å². The van der Waals surface area contributed by atoms with Gasteiger partial charge in [-0.25, -0.2) is 0 Å². The van der Waals surface area contributed by atoms with Crippen molar-refractivity contribution in [3.63, 3.8) is 0 Å². The molecule has 6 rings (SSSR count). The van der Waals surface area contributed by atoms with Gasteiger partial charge in [-0.15, -0.1) is 23.2 Å². The van der Waals surface area contributed by atoms with Crippen molar-refractivity contribution in [2.45, 2.75) is 158 Å². The first-order chi connectivity index (χ1) is 30.4. The van der Waals surface area contributed by atoms with Crippen molar-refractivity contribution in [2.75, 3.05) is 5.34 Å². The van der Waals surface area contributed by atoms with Gasteiger partial charge in [-0.05, 0) is 0 Å². The van der Waals surface area contributed by atoms with E-state index in [9.17, 15) is 0 Å². The summed E-state index contributed by atoms with van der Waals surface area (Å²) in [6.07, 6.45) is 8.75. The number of hydrogen-bond acceptors (Lipinski definition) is 0. The number of aromatic nitrogens is 4. The molecule has 0 aliphatic rings. The van der Waals surface area contributed by atoms with E-state index in [1.807, 2.05) is 0 Å². The average Bonchev–Trinajstić information content (AvgIpc) is 3.90. The zero-order chi connectivity index (χ0) is 48.5. The minimum atomic E-state index is -5.15. The summed E-state index contributed by atoms with van der Waals surface area (Å²) < 4.78 is 9.09. The first-order valence-electron chi connectivity index (χ1n) is 23.6. The minimum Gasteiger partial charge on any atom is -1.00 e. The summed E-state index contributed by atoms with van der Waals surface area (Å²) in [5.41, 5.74) is 14.4. The molecular weight excluding hydrogens is 957 g/mol. The number of rotatable bonds is 14. The topological polar surface area (TPSA) is 17.6 Å². The fourth-order valence-electron chi connectivity index (χ4n) is 9.36. The molecule has 0 bridgehead atoms. The fourth-order valence-corrected chi connectivity index (χ4v) is 14.0. The Hall–Kier alpha value is -2.74. The number of halogens is 6. The largest absolute Gasteiger partial charge is 1.00 e. The molecule has 0 spiro atoms. The molecule has 4 nitrogen and oxygen atoms in total. The minimum absolute atomic E-state index is 0. The Kier molecular flexibility index (Phi) is 18.9. The van der Waals surface area contributed by atoms with E-state index in [2.05, 4.69) is 227 Å². The molecule has 0 fully saturated rings. The quantitative estimate of drug-likeness (QED) is 0.0448. The van der Waals surface area contributed by atoms with Crippen LogP contribution in [0.4, 0.5) is 0 Å². The summed E-state index contributed by atoms with van der Waals surface area (Å²) in [6.45, 7) is 36.2. The Morgan fingerprint density at radius 3 is 0.788 bits per heavy atom. The molecule has 0 saturated carbocycles. The van der Waals surface area contributed by atoms with Crippen molar-refractivity contribution in [1.29, 1.82) is 0 Å². The molecular formula is C55H74Cl6N4Si. The molecule has 0 N–H and O–H groups in total. The second kappa shape index (κ2) is 22.3. The van der Waals surface area contributed by atoms with Crippen LogP contribution in [-0.4, -0.2) is 19.8 Å². The van der Waals surface area contributed by atoms with Crippen LogP contribution in [0.3, 0.4) is 0 Å². The predicted molar refractivity (Wildman–Crippen MR) is 286 cm³/mol.